The molecule has 0 aliphatic carbocycles. The fourth-order valence-electron chi connectivity index (χ4n) is 2.28. The average Bonchev–Trinajstić information content (AvgIpc) is 2.66. The van der Waals surface area contributed by atoms with Crippen molar-refractivity contribution in [2.45, 2.75) is 30.8 Å². The number of likely N-dealkylation sites (N-methyl/N-ethyl adjacent to an activating group) is 1. The number of hydrogen-bond donors (Lipinski definition) is 4. The van der Waals surface area contributed by atoms with Crippen LogP contribution in [0.25, 0.3) is 0 Å². The first-order valence-corrected chi connectivity index (χ1v) is 10.2. The second-order valence-corrected chi connectivity index (χ2v) is 7.51. The van der Waals surface area contributed by atoms with Gasteiger partial charge in [-0.05, 0) is 51.0 Å². The van der Waals surface area contributed by atoms with E-state index in [1.807, 2.05) is 18.3 Å². The molecule has 7 nitrogen and oxygen atoms in total. The van der Waals surface area contributed by atoms with E-state index in [0.29, 0.717) is 6.67 Å². The molecule has 8 heteroatoms. The van der Waals surface area contributed by atoms with Crippen molar-refractivity contribution in [1.82, 2.24) is 25.2 Å². The Morgan fingerprint density at radius 2 is 2.22 bits per heavy atom. The van der Waals surface area contributed by atoms with Crippen LogP contribution in [0.4, 0.5) is 0 Å². The number of aliphatic imine (C=N–C) groups is 1. The number of aromatic nitrogens is 1. The molecule has 5 N–H and O–H groups in total. The summed E-state index contributed by atoms with van der Waals surface area (Å²) in [6.07, 6.45) is 11.6. The van der Waals surface area contributed by atoms with Gasteiger partial charge in [-0.25, -0.2) is 0 Å². The summed E-state index contributed by atoms with van der Waals surface area (Å²) >= 11 is 1.62. The average molecular weight is 394 g/mol. The Morgan fingerprint density at radius 3 is 2.93 bits per heavy atom. The lowest BCUT2D eigenvalue weighted by molar-refractivity contribution is 0.378. The molecule has 1 aromatic rings. The lowest BCUT2D eigenvalue weighted by atomic mass is 10.1. The van der Waals surface area contributed by atoms with Crippen LogP contribution in [0.2, 0.25) is 0 Å². The highest BCUT2D eigenvalue weighted by atomic mass is 32.2. The molecule has 1 aromatic heterocycles. The van der Waals surface area contributed by atoms with Crippen LogP contribution in [-0.4, -0.2) is 62.8 Å². The van der Waals surface area contributed by atoms with Gasteiger partial charge in [0.25, 0.3) is 0 Å². The molecule has 0 aliphatic heterocycles. The predicted molar refractivity (Wildman–Crippen MR) is 117 cm³/mol. The molecule has 2 unspecified atom stereocenters. The highest BCUT2D eigenvalue weighted by molar-refractivity contribution is 7.97. The van der Waals surface area contributed by atoms with Crippen LogP contribution >= 0.6 is 11.9 Å². The maximum absolute atomic E-state index is 5.50. The van der Waals surface area contributed by atoms with E-state index in [0.717, 1.165) is 37.4 Å². The second kappa shape index (κ2) is 15.6. The number of unbranched alkanes of at least 4 members (excludes halogenated alkanes) is 1. The van der Waals surface area contributed by atoms with Crippen molar-refractivity contribution >= 4 is 18.3 Å². The molecular weight excluding hydrogens is 358 g/mol. The maximum Gasteiger partial charge on any atom is 0.108 e. The Kier molecular flexibility index (Phi) is 13.6. The minimum absolute atomic E-state index is 0.0163. The van der Waals surface area contributed by atoms with E-state index in [4.69, 9.17) is 5.73 Å². The van der Waals surface area contributed by atoms with Gasteiger partial charge in [0.05, 0.1) is 6.34 Å². The predicted octanol–water partition coefficient (Wildman–Crippen LogP) is 1.66. The van der Waals surface area contributed by atoms with E-state index in [1.54, 1.807) is 18.1 Å². The van der Waals surface area contributed by atoms with E-state index in [-0.39, 0.29) is 12.1 Å². The van der Waals surface area contributed by atoms with Crippen LogP contribution in [0.5, 0.6) is 0 Å². The van der Waals surface area contributed by atoms with Gasteiger partial charge in [-0.1, -0.05) is 19.1 Å². The zero-order chi connectivity index (χ0) is 19.7. The Labute approximate surface area is 168 Å². The molecule has 0 aliphatic rings. The number of pyridine rings is 1. The van der Waals surface area contributed by atoms with Crippen molar-refractivity contribution in [3.05, 3.63) is 36.7 Å². The molecule has 0 aromatic carbocycles. The number of nitrogens with one attached hydrogen (secondary N) is 3. The SMILES string of the molecule is CC(C=CCCCNSc1cccnc1)C(/N=C/N)NCNCCN(C)C. The lowest BCUT2D eigenvalue weighted by Gasteiger charge is -2.19. The first kappa shape index (κ1) is 23.6. The molecule has 1 rings (SSSR count). The van der Waals surface area contributed by atoms with Gasteiger partial charge < -0.3 is 16.0 Å². The van der Waals surface area contributed by atoms with E-state index in [1.165, 1.54) is 6.34 Å². The first-order valence-electron chi connectivity index (χ1n) is 9.42. The van der Waals surface area contributed by atoms with E-state index in [2.05, 4.69) is 63.4 Å². The standard InChI is InChI=1S/C19H35N7S/c1-17(19(23-15-20)24-16-22-12-13-26(2)3)8-5-4-6-11-25-27-18-9-7-10-21-14-18/h5,7-10,14-15,17,19,22,24-25H,4,6,11-13,16H2,1-3H3,(H2,20,23). The van der Waals surface area contributed by atoms with E-state index in [9.17, 15) is 0 Å². The van der Waals surface area contributed by atoms with Crippen molar-refractivity contribution in [3.8, 4) is 0 Å². The van der Waals surface area contributed by atoms with Crippen molar-refractivity contribution in [1.29, 1.82) is 0 Å². The van der Waals surface area contributed by atoms with Gasteiger partial charge in [-0.3, -0.25) is 20.0 Å². The molecule has 0 saturated heterocycles. The number of nitrogens with zero attached hydrogens (tertiary/aromatic N) is 3. The number of allylic oxidation sites excluding steroid dienone is 1. The summed E-state index contributed by atoms with van der Waals surface area (Å²) in [5.74, 6) is 0.276. The van der Waals surface area contributed by atoms with E-state index < -0.39 is 0 Å². The number of rotatable bonds is 15. The summed E-state index contributed by atoms with van der Waals surface area (Å²) in [4.78, 5) is 11.7. The van der Waals surface area contributed by atoms with Crippen molar-refractivity contribution < 1.29 is 0 Å². The summed E-state index contributed by atoms with van der Waals surface area (Å²) in [5, 5.41) is 6.75. The molecule has 0 spiro atoms. The summed E-state index contributed by atoms with van der Waals surface area (Å²) < 4.78 is 3.36. The quantitative estimate of drug-likeness (QED) is 0.0900. The fourth-order valence-corrected chi connectivity index (χ4v) is 2.96. The van der Waals surface area contributed by atoms with Crippen molar-refractivity contribution in [3.63, 3.8) is 0 Å². The third-order valence-electron chi connectivity index (χ3n) is 3.83. The molecule has 2 atom stereocenters. The molecular formula is C19H35N7S. The third kappa shape index (κ3) is 12.5. The summed E-state index contributed by atoms with van der Waals surface area (Å²) in [6.45, 7) is 5.76. The van der Waals surface area contributed by atoms with Gasteiger partial charge in [-0.2, -0.15) is 0 Å². The van der Waals surface area contributed by atoms with Crippen LogP contribution in [-0.2, 0) is 0 Å². The molecule has 0 amide bonds. The van der Waals surface area contributed by atoms with Gasteiger partial charge >= 0.3 is 0 Å². The van der Waals surface area contributed by atoms with Gasteiger partial charge in [0.2, 0.25) is 0 Å². The summed E-state index contributed by atoms with van der Waals surface area (Å²) in [5.41, 5.74) is 5.50. The minimum Gasteiger partial charge on any atom is -0.390 e. The first-order chi connectivity index (χ1) is 13.1. The Bertz CT molecular complexity index is 522. The van der Waals surface area contributed by atoms with Gasteiger partial charge in [0.1, 0.15) is 6.17 Å². The second-order valence-electron chi connectivity index (χ2n) is 6.54. The molecule has 0 bridgehead atoms. The smallest absolute Gasteiger partial charge is 0.108 e. The minimum atomic E-state index is -0.0163. The van der Waals surface area contributed by atoms with Gasteiger partial charge in [0, 0.05) is 49.5 Å². The van der Waals surface area contributed by atoms with Crippen LogP contribution in [0, 0.1) is 5.92 Å². The van der Waals surface area contributed by atoms with Crippen molar-refractivity contribution in [2.75, 3.05) is 40.4 Å². The molecule has 0 radical (unpaired) electrons. The zero-order valence-corrected chi connectivity index (χ0v) is 17.6. The third-order valence-corrected chi connectivity index (χ3v) is 4.66. The zero-order valence-electron chi connectivity index (χ0n) is 16.8. The van der Waals surface area contributed by atoms with E-state index >= 15 is 0 Å². The van der Waals surface area contributed by atoms with Crippen LogP contribution in [0.3, 0.4) is 0 Å². The topological polar surface area (TPSA) is 90.6 Å². The molecule has 0 saturated carbocycles. The molecule has 1 heterocycles. The number of nitrogens with two attached hydrogens (primary N) is 1. The molecule has 152 valence electrons. The number of hydrogen-bond acceptors (Lipinski definition) is 7. The summed E-state index contributed by atoms with van der Waals surface area (Å²) in [7, 11) is 4.13. The monoisotopic (exact) mass is 393 g/mol. The Morgan fingerprint density at radius 1 is 1.37 bits per heavy atom. The fraction of sp³-hybridized carbons (Fsp3) is 0.579. The molecule has 0 fully saturated rings. The Hall–Kier alpha value is -1.45. The molecule has 27 heavy (non-hydrogen) atoms. The lowest BCUT2D eigenvalue weighted by Crippen LogP contribution is -2.41. The van der Waals surface area contributed by atoms with Gasteiger partial charge in [0.15, 0.2) is 0 Å². The van der Waals surface area contributed by atoms with Crippen LogP contribution < -0.4 is 21.1 Å². The highest BCUT2D eigenvalue weighted by Gasteiger charge is 2.11. The summed E-state index contributed by atoms with van der Waals surface area (Å²) in [6, 6.07) is 3.99. The maximum atomic E-state index is 5.50. The van der Waals surface area contributed by atoms with Crippen LogP contribution in [0.15, 0.2) is 46.6 Å². The van der Waals surface area contributed by atoms with Crippen molar-refractivity contribution in [2.24, 2.45) is 16.6 Å². The Balaban J connectivity index is 2.16. The van der Waals surface area contributed by atoms with Crippen LogP contribution in [0.1, 0.15) is 19.8 Å². The normalized spacial score (nSPS) is 14.4. The van der Waals surface area contributed by atoms with Gasteiger partial charge in [-0.15, -0.1) is 0 Å². The highest BCUT2D eigenvalue weighted by Crippen LogP contribution is 2.11. The largest absolute Gasteiger partial charge is 0.390 e.